The number of aliphatic hydroxyl groups excluding tert-OH is 1. The van der Waals surface area contributed by atoms with Gasteiger partial charge in [-0.15, -0.1) is 11.8 Å². The van der Waals surface area contributed by atoms with Gasteiger partial charge in [-0.2, -0.15) is 0 Å². The highest BCUT2D eigenvalue weighted by atomic mass is 32.2. The molecule has 29 heavy (non-hydrogen) atoms. The topological polar surface area (TPSA) is 154 Å². The predicted molar refractivity (Wildman–Crippen MR) is 103 cm³/mol. The molecule has 7 atom stereocenters. The molecule has 4 rings (SSSR count). The van der Waals surface area contributed by atoms with Crippen molar-refractivity contribution in [1.82, 2.24) is 15.5 Å². The fourth-order valence-corrected chi connectivity index (χ4v) is 6.33. The van der Waals surface area contributed by atoms with E-state index in [1.54, 1.807) is 6.92 Å². The third-order valence-electron chi connectivity index (χ3n) is 6.34. The predicted octanol–water partition coefficient (Wildman–Crippen LogP) is -0.611. The maximum atomic E-state index is 12.4. The van der Waals surface area contributed by atoms with Gasteiger partial charge in [0.05, 0.1) is 24.1 Å². The van der Waals surface area contributed by atoms with Crippen LogP contribution in [0.25, 0.3) is 0 Å². The average Bonchev–Trinajstić information content (AvgIpc) is 3.33. The molecule has 0 radical (unpaired) electrons. The summed E-state index contributed by atoms with van der Waals surface area (Å²) in [5.74, 6) is -0.746. The van der Waals surface area contributed by atoms with E-state index in [0.717, 1.165) is 24.4 Å². The molecule has 160 valence electrons. The Balaban J connectivity index is 1.41. The molecule has 2 unspecified atom stereocenters. The van der Waals surface area contributed by atoms with E-state index in [-0.39, 0.29) is 41.1 Å². The quantitative estimate of drug-likeness (QED) is 0.276. The van der Waals surface area contributed by atoms with Crippen molar-refractivity contribution in [3.8, 4) is 0 Å². The van der Waals surface area contributed by atoms with Crippen LogP contribution in [0.3, 0.4) is 0 Å². The number of nitrogens with two attached hydrogens (primary N) is 1. The zero-order valence-electron chi connectivity index (χ0n) is 16.0. The summed E-state index contributed by atoms with van der Waals surface area (Å²) in [6.45, 7) is 3.05. The Labute approximate surface area is 172 Å². The smallest absolute Gasteiger partial charge is 0.449 e. The minimum atomic E-state index is -1.45. The second kappa shape index (κ2) is 7.78. The number of aliphatic hydroxyl groups is 1. The van der Waals surface area contributed by atoms with Gasteiger partial charge in [-0.3, -0.25) is 14.5 Å². The first-order valence-electron chi connectivity index (χ1n) is 9.84. The molecule has 11 heteroatoms. The molecule has 0 bridgehead atoms. The van der Waals surface area contributed by atoms with E-state index < -0.39 is 18.2 Å². The number of fused-ring (bicyclic) bond motifs is 1. The van der Waals surface area contributed by atoms with Gasteiger partial charge in [-0.05, 0) is 25.7 Å². The van der Waals surface area contributed by atoms with Crippen LogP contribution in [0.4, 0.5) is 4.79 Å². The number of carbonyl (C=O) groups excluding carboxylic acids is 2. The van der Waals surface area contributed by atoms with Crippen LogP contribution < -0.4 is 16.4 Å². The number of amides is 2. The first-order valence-corrected chi connectivity index (χ1v) is 10.7. The highest BCUT2D eigenvalue weighted by Gasteiger charge is 2.57. The number of carbonyl (C=O) groups is 3. The molecule has 0 aromatic carbocycles. The van der Waals surface area contributed by atoms with Gasteiger partial charge in [0.1, 0.15) is 0 Å². The van der Waals surface area contributed by atoms with Crippen molar-refractivity contribution in [1.29, 1.82) is 0 Å². The number of β-lactam (4-membered cyclic amide) rings is 1. The highest BCUT2D eigenvalue weighted by molar-refractivity contribution is 8.03. The van der Waals surface area contributed by atoms with Crippen LogP contribution in [0.2, 0.25) is 0 Å². The van der Waals surface area contributed by atoms with Crippen LogP contribution in [-0.4, -0.2) is 75.7 Å². The summed E-state index contributed by atoms with van der Waals surface area (Å²) >= 11 is 1.54. The maximum absolute atomic E-state index is 12.4. The minimum Gasteiger partial charge on any atom is -0.449 e. The molecule has 0 saturated carbocycles. The molecule has 3 saturated heterocycles. The number of nitrogens with one attached hydrogen (secondary N) is 2. The van der Waals surface area contributed by atoms with E-state index in [2.05, 4.69) is 10.6 Å². The lowest BCUT2D eigenvalue weighted by atomic mass is 9.84. The zero-order valence-corrected chi connectivity index (χ0v) is 16.9. The summed E-state index contributed by atoms with van der Waals surface area (Å²) < 4.78 is 4.95. The van der Waals surface area contributed by atoms with Crippen molar-refractivity contribution in [2.45, 2.75) is 55.7 Å². The fourth-order valence-electron chi connectivity index (χ4n) is 4.93. The lowest BCUT2D eigenvalue weighted by molar-refractivity contribution is -0.161. The Hall–Kier alpha value is -1.82. The monoisotopic (exact) mass is 426 g/mol. The molecule has 0 aliphatic carbocycles. The molecule has 2 amide bonds. The standard InChI is InChI=1S/C18H26N4O6S/c1-7(23)14-12-4-13(17(28-18(26)27)22(12)16(14)25)29-9-3-10(21-6-9)8-2-11(15(19)24)20-5-8/h7-12,14,20-21,23H,2-6H2,1H3,(H2,19,24)(H,26,27)/t7-,8?,9+,10+,11?,12-,14-/m1/s1. The first kappa shape index (κ1) is 20.5. The molecule has 3 fully saturated rings. The SMILES string of the molecule is C[C@@H](O)[C@H]1C(=O)N2C(OC(=O)O)=C(S[C@@H]3CN[C@H](C4CNC(C(N)=O)C4)C3)C[C@H]12. The third kappa shape index (κ3) is 3.72. The van der Waals surface area contributed by atoms with E-state index in [1.165, 1.54) is 16.7 Å². The number of hydrogen-bond donors (Lipinski definition) is 5. The maximum Gasteiger partial charge on any atom is 0.512 e. The Morgan fingerprint density at radius 1 is 1.31 bits per heavy atom. The highest BCUT2D eigenvalue weighted by Crippen LogP contribution is 2.49. The van der Waals surface area contributed by atoms with E-state index in [4.69, 9.17) is 15.6 Å². The largest absolute Gasteiger partial charge is 0.512 e. The summed E-state index contributed by atoms with van der Waals surface area (Å²) in [5, 5.41) is 25.8. The molecule has 0 aromatic rings. The van der Waals surface area contributed by atoms with Crippen LogP contribution in [-0.2, 0) is 14.3 Å². The van der Waals surface area contributed by atoms with Gasteiger partial charge < -0.3 is 31.3 Å². The molecule has 6 N–H and O–H groups in total. The van der Waals surface area contributed by atoms with E-state index in [1.807, 2.05) is 0 Å². The number of rotatable bonds is 6. The number of hydrogen-bond acceptors (Lipinski definition) is 8. The summed E-state index contributed by atoms with van der Waals surface area (Å²) in [5.41, 5.74) is 5.38. The average molecular weight is 426 g/mol. The van der Waals surface area contributed by atoms with Crippen molar-refractivity contribution < 1.29 is 29.3 Å². The lowest BCUT2D eigenvalue weighted by Gasteiger charge is -2.44. The molecule has 4 aliphatic rings. The van der Waals surface area contributed by atoms with Gasteiger partial charge >= 0.3 is 6.16 Å². The third-order valence-corrected chi connectivity index (χ3v) is 7.65. The van der Waals surface area contributed by atoms with Gasteiger partial charge in [0, 0.05) is 35.7 Å². The van der Waals surface area contributed by atoms with Gasteiger partial charge in [0.25, 0.3) is 0 Å². The van der Waals surface area contributed by atoms with Crippen molar-refractivity contribution in [2.24, 2.45) is 17.6 Å². The molecular formula is C18H26N4O6S. The van der Waals surface area contributed by atoms with Crippen molar-refractivity contribution in [3.63, 3.8) is 0 Å². The minimum absolute atomic E-state index is 0.0918. The van der Waals surface area contributed by atoms with E-state index in [9.17, 15) is 19.5 Å². The van der Waals surface area contributed by atoms with Crippen LogP contribution >= 0.6 is 11.8 Å². The number of ether oxygens (including phenoxy) is 1. The number of primary amides is 1. The summed E-state index contributed by atoms with van der Waals surface area (Å²) in [4.78, 5) is 37.0. The Morgan fingerprint density at radius 3 is 2.69 bits per heavy atom. The Bertz CT molecular complexity index is 759. The normalized spacial score (nSPS) is 37.4. The molecule has 10 nitrogen and oxygen atoms in total. The Morgan fingerprint density at radius 2 is 2.07 bits per heavy atom. The van der Waals surface area contributed by atoms with Crippen molar-refractivity contribution in [2.75, 3.05) is 13.1 Å². The van der Waals surface area contributed by atoms with Crippen molar-refractivity contribution >= 4 is 29.7 Å². The second-order valence-corrected chi connectivity index (χ2v) is 9.59. The molecule has 0 aromatic heterocycles. The molecule has 4 aliphatic heterocycles. The van der Waals surface area contributed by atoms with Gasteiger partial charge in [0.2, 0.25) is 17.7 Å². The lowest BCUT2D eigenvalue weighted by Crippen LogP contribution is -2.61. The molecule has 0 spiro atoms. The van der Waals surface area contributed by atoms with Crippen LogP contribution in [0, 0.1) is 11.8 Å². The first-order chi connectivity index (χ1) is 13.8. The summed E-state index contributed by atoms with van der Waals surface area (Å²) in [7, 11) is 0. The molecular weight excluding hydrogens is 400 g/mol. The van der Waals surface area contributed by atoms with Crippen LogP contribution in [0.15, 0.2) is 10.8 Å². The zero-order chi connectivity index (χ0) is 20.9. The number of carboxylic acid groups (broad SMARTS) is 1. The van der Waals surface area contributed by atoms with E-state index >= 15 is 0 Å². The fraction of sp³-hybridized carbons (Fsp3) is 0.722. The van der Waals surface area contributed by atoms with E-state index in [0.29, 0.717) is 18.8 Å². The van der Waals surface area contributed by atoms with Crippen LogP contribution in [0.5, 0.6) is 0 Å². The number of nitrogens with zero attached hydrogens (tertiary/aromatic N) is 1. The van der Waals surface area contributed by atoms with Crippen molar-refractivity contribution in [3.05, 3.63) is 10.8 Å². The Kier molecular flexibility index (Phi) is 5.49. The van der Waals surface area contributed by atoms with Crippen LogP contribution in [0.1, 0.15) is 26.2 Å². The summed E-state index contributed by atoms with van der Waals surface area (Å²) in [6.07, 6.45) is -0.176. The van der Waals surface area contributed by atoms with Gasteiger partial charge in [-0.25, -0.2) is 4.79 Å². The van der Waals surface area contributed by atoms with Gasteiger partial charge in [-0.1, -0.05) is 0 Å². The van der Waals surface area contributed by atoms with Gasteiger partial charge in [0.15, 0.2) is 0 Å². The second-order valence-electron chi connectivity index (χ2n) is 8.19. The molecule has 4 heterocycles. The number of thioether (sulfide) groups is 1. The summed E-state index contributed by atoms with van der Waals surface area (Å²) in [6, 6.07) is -0.285.